The fourth-order valence-electron chi connectivity index (χ4n) is 1.27. The van der Waals surface area contributed by atoms with Crippen LogP contribution in [0.4, 0.5) is 4.39 Å². The second kappa shape index (κ2) is 3.96. The fraction of sp³-hybridized carbons (Fsp3) is 0.300. The van der Waals surface area contributed by atoms with Crippen LogP contribution in [-0.4, -0.2) is 11.1 Å². The van der Waals surface area contributed by atoms with Crippen LogP contribution in [0.25, 0.3) is 0 Å². The molecule has 0 aliphatic heterocycles. The Labute approximate surface area is 86.3 Å². The van der Waals surface area contributed by atoms with Crippen molar-refractivity contribution in [3.8, 4) is 0 Å². The third-order valence-corrected chi connectivity index (χ3v) is 2.51. The normalized spacial score (nSPS) is 12.6. The lowest BCUT2D eigenvalue weighted by Crippen LogP contribution is -2.09. The van der Waals surface area contributed by atoms with Gasteiger partial charge in [0.2, 0.25) is 0 Å². The summed E-state index contributed by atoms with van der Waals surface area (Å²) in [7, 11) is 0. The molecule has 0 heterocycles. The number of hydrogen-bond donors (Lipinski definition) is 1. The predicted octanol–water partition coefficient (Wildman–Crippen LogP) is 2.98. The summed E-state index contributed by atoms with van der Waals surface area (Å²) in [6.45, 7) is 3.04. The number of carboxylic acids is 1. The molecule has 14 heavy (non-hydrogen) atoms. The largest absolute Gasteiger partial charge is 0.481 e. The van der Waals surface area contributed by atoms with Crippen LogP contribution >= 0.6 is 11.6 Å². The van der Waals surface area contributed by atoms with E-state index < -0.39 is 17.7 Å². The molecule has 0 saturated carbocycles. The van der Waals surface area contributed by atoms with Gasteiger partial charge in [-0.2, -0.15) is 0 Å². The number of halogens is 2. The molecule has 1 N–H and O–H groups in total. The second-order valence-corrected chi connectivity index (χ2v) is 3.54. The standard InChI is InChI=1S/C10H10ClFO2/c1-5-7(6(2)10(13)14)3-4-8(11)9(5)12/h3-4,6H,1-2H3,(H,13,14). The van der Waals surface area contributed by atoms with Crippen molar-refractivity contribution >= 4 is 17.6 Å². The van der Waals surface area contributed by atoms with Crippen LogP contribution < -0.4 is 0 Å². The first kappa shape index (κ1) is 11.0. The Kier molecular flexibility index (Phi) is 3.11. The smallest absolute Gasteiger partial charge is 0.310 e. The van der Waals surface area contributed by atoms with Crippen LogP contribution in [0.2, 0.25) is 5.02 Å². The molecule has 0 fully saturated rings. The molecule has 0 radical (unpaired) electrons. The summed E-state index contributed by atoms with van der Waals surface area (Å²) in [4.78, 5) is 10.7. The number of aliphatic carboxylic acids is 1. The molecule has 1 atom stereocenters. The minimum atomic E-state index is -0.977. The molecule has 1 aromatic carbocycles. The SMILES string of the molecule is Cc1c(C(C)C(=O)O)ccc(Cl)c1F. The van der Waals surface area contributed by atoms with Crippen molar-refractivity contribution in [2.75, 3.05) is 0 Å². The molecule has 4 heteroatoms. The zero-order valence-corrected chi connectivity index (χ0v) is 8.60. The highest BCUT2D eigenvalue weighted by Crippen LogP contribution is 2.26. The second-order valence-electron chi connectivity index (χ2n) is 3.14. The van der Waals surface area contributed by atoms with Crippen molar-refractivity contribution in [2.45, 2.75) is 19.8 Å². The van der Waals surface area contributed by atoms with Gasteiger partial charge in [0.1, 0.15) is 5.82 Å². The van der Waals surface area contributed by atoms with Crippen molar-refractivity contribution < 1.29 is 14.3 Å². The van der Waals surface area contributed by atoms with Crippen molar-refractivity contribution in [2.24, 2.45) is 0 Å². The monoisotopic (exact) mass is 216 g/mol. The first-order valence-corrected chi connectivity index (χ1v) is 4.50. The molecule has 1 rings (SSSR count). The zero-order valence-electron chi connectivity index (χ0n) is 7.84. The molecule has 76 valence electrons. The molecule has 0 amide bonds. The van der Waals surface area contributed by atoms with Gasteiger partial charge in [-0.3, -0.25) is 4.79 Å². The summed E-state index contributed by atoms with van der Waals surface area (Å²) in [5.74, 6) is -2.24. The minimum Gasteiger partial charge on any atom is -0.481 e. The van der Waals surface area contributed by atoms with E-state index in [-0.39, 0.29) is 5.02 Å². The maximum absolute atomic E-state index is 13.3. The Morgan fingerprint density at radius 1 is 1.57 bits per heavy atom. The average molecular weight is 217 g/mol. The summed E-state index contributed by atoms with van der Waals surface area (Å²) in [5, 5.41) is 8.78. The zero-order chi connectivity index (χ0) is 10.9. The van der Waals surface area contributed by atoms with Gasteiger partial charge in [0, 0.05) is 0 Å². The summed E-state index contributed by atoms with van der Waals surface area (Å²) >= 11 is 5.55. The van der Waals surface area contributed by atoms with Crippen molar-refractivity contribution in [1.29, 1.82) is 0 Å². The first-order valence-electron chi connectivity index (χ1n) is 4.12. The number of rotatable bonds is 2. The fourth-order valence-corrected chi connectivity index (χ4v) is 1.47. The van der Waals surface area contributed by atoms with E-state index in [1.807, 2.05) is 0 Å². The Hall–Kier alpha value is -1.09. The highest BCUT2D eigenvalue weighted by Gasteiger charge is 2.18. The van der Waals surface area contributed by atoms with Crippen LogP contribution in [0.5, 0.6) is 0 Å². The summed E-state index contributed by atoms with van der Waals surface area (Å²) < 4.78 is 13.3. The van der Waals surface area contributed by atoms with E-state index in [2.05, 4.69) is 0 Å². The Morgan fingerprint density at radius 2 is 2.14 bits per heavy atom. The van der Waals surface area contributed by atoms with Crippen LogP contribution in [0.3, 0.4) is 0 Å². The number of hydrogen-bond acceptors (Lipinski definition) is 1. The lowest BCUT2D eigenvalue weighted by atomic mass is 9.96. The van der Waals surface area contributed by atoms with Crippen LogP contribution in [0, 0.1) is 12.7 Å². The maximum atomic E-state index is 13.3. The van der Waals surface area contributed by atoms with Gasteiger partial charge in [-0.15, -0.1) is 0 Å². The molecule has 0 saturated heterocycles. The predicted molar refractivity (Wildman–Crippen MR) is 52.2 cm³/mol. The highest BCUT2D eigenvalue weighted by molar-refractivity contribution is 6.30. The van der Waals surface area contributed by atoms with Crippen LogP contribution in [0.1, 0.15) is 24.0 Å². The Balaban J connectivity index is 3.24. The molecule has 0 aliphatic carbocycles. The van der Waals surface area contributed by atoms with E-state index in [9.17, 15) is 9.18 Å². The van der Waals surface area contributed by atoms with E-state index >= 15 is 0 Å². The van der Waals surface area contributed by atoms with Gasteiger partial charge in [0.15, 0.2) is 0 Å². The van der Waals surface area contributed by atoms with E-state index in [1.54, 1.807) is 6.07 Å². The molecule has 0 bridgehead atoms. The lowest BCUT2D eigenvalue weighted by Gasteiger charge is -2.11. The number of carbonyl (C=O) groups is 1. The minimum absolute atomic E-state index is 0.0174. The Bertz CT molecular complexity index is 377. The van der Waals surface area contributed by atoms with Crippen molar-refractivity contribution in [3.63, 3.8) is 0 Å². The molecule has 0 spiro atoms. The van der Waals surface area contributed by atoms with Crippen LogP contribution in [0.15, 0.2) is 12.1 Å². The summed E-state index contributed by atoms with van der Waals surface area (Å²) in [6.07, 6.45) is 0. The van der Waals surface area contributed by atoms with Gasteiger partial charge in [-0.1, -0.05) is 17.7 Å². The van der Waals surface area contributed by atoms with Crippen molar-refractivity contribution in [3.05, 3.63) is 34.1 Å². The van der Waals surface area contributed by atoms with Gasteiger partial charge in [0.25, 0.3) is 0 Å². The third kappa shape index (κ3) is 1.87. The Morgan fingerprint density at radius 3 is 2.64 bits per heavy atom. The van der Waals surface area contributed by atoms with Crippen LogP contribution in [-0.2, 0) is 4.79 Å². The van der Waals surface area contributed by atoms with Gasteiger partial charge >= 0.3 is 5.97 Å². The summed E-state index contributed by atoms with van der Waals surface area (Å²) in [6, 6.07) is 2.91. The number of benzene rings is 1. The number of carboxylic acid groups (broad SMARTS) is 1. The van der Waals surface area contributed by atoms with E-state index in [0.29, 0.717) is 11.1 Å². The van der Waals surface area contributed by atoms with E-state index in [1.165, 1.54) is 19.9 Å². The molecule has 1 unspecified atom stereocenters. The maximum Gasteiger partial charge on any atom is 0.310 e. The molecular formula is C10H10ClFO2. The quantitative estimate of drug-likeness (QED) is 0.825. The molecule has 0 aromatic heterocycles. The van der Waals surface area contributed by atoms with Crippen molar-refractivity contribution in [1.82, 2.24) is 0 Å². The lowest BCUT2D eigenvalue weighted by molar-refractivity contribution is -0.138. The molecule has 1 aromatic rings. The van der Waals surface area contributed by atoms with E-state index in [4.69, 9.17) is 16.7 Å². The van der Waals surface area contributed by atoms with Gasteiger partial charge in [-0.05, 0) is 31.0 Å². The van der Waals surface area contributed by atoms with Gasteiger partial charge < -0.3 is 5.11 Å². The van der Waals surface area contributed by atoms with Gasteiger partial charge in [0.05, 0.1) is 10.9 Å². The first-order chi connectivity index (χ1) is 6.45. The third-order valence-electron chi connectivity index (χ3n) is 2.22. The average Bonchev–Trinajstić information content (AvgIpc) is 2.13. The molecular weight excluding hydrogens is 207 g/mol. The highest BCUT2D eigenvalue weighted by atomic mass is 35.5. The molecule has 2 nitrogen and oxygen atoms in total. The molecule has 0 aliphatic rings. The van der Waals surface area contributed by atoms with Gasteiger partial charge in [-0.25, -0.2) is 4.39 Å². The topological polar surface area (TPSA) is 37.3 Å². The summed E-state index contributed by atoms with van der Waals surface area (Å²) in [5.41, 5.74) is 0.756. The van der Waals surface area contributed by atoms with E-state index in [0.717, 1.165) is 0 Å².